The van der Waals surface area contributed by atoms with Crippen LogP contribution >= 0.6 is 0 Å². The molecule has 0 atom stereocenters. The molecule has 0 bridgehead atoms. The van der Waals surface area contributed by atoms with Crippen LogP contribution in [-0.2, 0) is 27.7 Å². The zero-order chi connectivity index (χ0) is 10.7. The zero-order valence-electron chi connectivity index (χ0n) is 9.24. The third-order valence-electron chi connectivity index (χ3n) is 2.86. The molecule has 1 aliphatic carbocycles. The first-order valence-corrected chi connectivity index (χ1v) is 7.42. The molecule has 0 radical (unpaired) electrons. The fourth-order valence-corrected chi connectivity index (χ4v) is 6.16. The van der Waals surface area contributed by atoms with Crippen LogP contribution in [0.3, 0.4) is 0 Å². The Hall–Kier alpha value is 0.0743. The van der Waals surface area contributed by atoms with Gasteiger partial charge < -0.3 is 0 Å². The molecule has 4 heteroatoms. The molecule has 0 aromatic rings. The Morgan fingerprint density at radius 1 is 1.00 bits per heavy atom. The van der Waals surface area contributed by atoms with E-state index in [-0.39, 0.29) is 3.72 Å². The third-order valence-corrected chi connectivity index (χ3v) is 8.23. The summed E-state index contributed by atoms with van der Waals surface area (Å²) in [4.78, 5) is 0. The van der Waals surface area contributed by atoms with Crippen LogP contribution in [0.2, 0.25) is 3.72 Å². The second-order valence-corrected chi connectivity index (χ2v) is 8.38. The summed E-state index contributed by atoms with van der Waals surface area (Å²) in [6.45, 7) is 2.12. The number of hydrogen-bond acceptors (Lipinski definition) is 3. The molecule has 0 aromatic heterocycles. The molecule has 1 rings (SSSR count). The zero-order valence-corrected chi connectivity index (χ0v) is 10.8. The van der Waals surface area contributed by atoms with Gasteiger partial charge in [0, 0.05) is 0 Å². The van der Waals surface area contributed by atoms with Gasteiger partial charge in [-0.3, -0.25) is 0 Å². The van der Waals surface area contributed by atoms with Crippen LogP contribution in [0.25, 0.3) is 0 Å². The van der Waals surface area contributed by atoms with Crippen LogP contribution in [0, 0.1) is 0 Å². The fraction of sp³-hybridized carbons (Fsp3) is 0.600. The van der Waals surface area contributed by atoms with Gasteiger partial charge in [0.25, 0.3) is 0 Å². The Morgan fingerprint density at radius 2 is 1.43 bits per heavy atom. The quantitative estimate of drug-likeness (QED) is 0.684. The molecule has 0 amide bonds. The number of hydrogen-bond donors (Lipinski definition) is 0. The summed E-state index contributed by atoms with van der Waals surface area (Å²) in [6, 6.07) is 0. The van der Waals surface area contributed by atoms with Crippen LogP contribution in [0.1, 0.15) is 13.3 Å². The van der Waals surface area contributed by atoms with E-state index in [0.717, 1.165) is 6.42 Å². The van der Waals surface area contributed by atoms with Crippen molar-refractivity contribution in [2.75, 3.05) is 21.3 Å². The van der Waals surface area contributed by atoms with Crippen molar-refractivity contribution in [1.29, 1.82) is 0 Å². The number of rotatable bonds is 5. The monoisotopic (exact) mass is 234 g/mol. The second kappa shape index (κ2) is 4.73. The molecule has 3 nitrogen and oxygen atoms in total. The molecule has 0 aliphatic heterocycles. The van der Waals surface area contributed by atoms with E-state index >= 15 is 0 Å². The first-order chi connectivity index (χ1) is 6.70. The molecule has 0 heterocycles. The first kappa shape index (κ1) is 12.1. The maximum absolute atomic E-state index is 5.56. The van der Waals surface area contributed by atoms with Gasteiger partial charge in [-0.05, 0) is 0 Å². The molecule has 80 valence electrons. The molecular weight excluding hydrogens is 216 g/mol. The summed E-state index contributed by atoms with van der Waals surface area (Å²) in [5.41, 5.74) is 0. The predicted octanol–water partition coefficient (Wildman–Crippen LogP) is 2.52. The molecule has 0 aromatic carbocycles. The minimum atomic E-state index is -3.16. The SMILES string of the molecule is CC[C]1([Ti]([O]C)([O]C)[O]C)C=CC=C1. The van der Waals surface area contributed by atoms with E-state index in [1.54, 1.807) is 21.3 Å². The number of allylic oxidation sites excluding steroid dienone is 4. The van der Waals surface area contributed by atoms with E-state index in [2.05, 4.69) is 19.1 Å². The fourth-order valence-electron chi connectivity index (χ4n) is 1.99. The normalized spacial score (nSPS) is 19.1. The van der Waals surface area contributed by atoms with Crippen LogP contribution in [0.15, 0.2) is 24.3 Å². The van der Waals surface area contributed by atoms with Crippen LogP contribution in [0.5, 0.6) is 0 Å². The Morgan fingerprint density at radius 3 is 1.71 bits per heavy atom. The predicted molar refractivity (Wildman–Crippen MR) is 52.3 cm³/mol. The molecule has 14 heavy (non-hydrogen) atoms. The molecule has 0 unspecified atom stereocenters. The van der Waals surface area contributed by atoms with E-state index < -0.39 is 17.8 Å². The average Bonchev–Trinajstić information content (AvgIpc) is 2.72. The average molecular weight is 234 g/mol. The van der Waals surface area contributed by atoms with E-state index in [0.29, 0.717) is 0 Å². The summed E-state index contributed by atoms with van der Waals surface area (Å²) < 4.78 is 16.5. The summed E-state index contributed by atoms with van der Waals surface area (Å²) in [7, 11) is 5.01. The van der Waals surface area contributed by atoms with Gasteiger partial charge in [0.05, 0.1) is 0 Å². The van der Waals surface area contributed by atoms with Crippen molar-refractivity contribution < 1.29 is 27.7 Å². The minimum absolute atomic E-state index is 0.141. The molecule has 0 spiro atoms. The summed E-state index contributed by atoms with van der Waals surface area (Å²) in [5.74, 6) is 0. The van der Waals surface area contributed by atoms with E-state index in [1.165, 1.54) is 0 Å². The standard InChI is InChI=1S/C7H9.3CH3O.Ti/c1-2-7-5-3-4-6-7;3*1-2;/h3-6H,2H2,1H3;3*1H3;/q;3*-1;+3. The van der Waals surface area contributed by atoms with Crippen molar-refractivity contribution in [1.82, 2.24) is 0 Å². The Kier molecular flexibility index (Phi) is 4.10. The van der Waals surface area contributed by atoms with E-state index in [1.807, 2.05) is 12.2 Å². The van der Waals surface area contributed by atoms with Crippen molar-refractivity contribution in [3.8, 4) is 0 Å². The van der Waals surface area contributed by atoms with Crippen molar-refractivity contribution in [2.24, 2.45) is 0 Å². The van der Waals surface area contributed by atoms with Crippen LogP contribution in [0.4, 0.5) is 0 Å². The molecule has 1 aliphatic rings. The van der Waals surface area contributed by atoms with Crippen LogP contribution in [-0.4, -0.2) is 21.3 Å². The van der Waals surface area contributed by atoms with Crippen molar-refractivity contribution in [2.45, 2.75) is 17.1 Å². The summed E-state index contributed by atoms with van der Waals surface area (Å²) in [6.07, 6.45) is 9.25. The molecule has 0 fully saturated rings. The van der Waals surface area contributed by atoms with Gasteiger partial charge in [-0.15, -0.1) is 0 Å². The van der Waals surface area contributed by atoms with E-state index in [4.69, 9.17) is 9.96 Å². The van der Waals surface area contributed by atoms with Gasteiger partial charge in [0.15, 0.2) is 0 Å². The van der Waals surface area contributed by atoms with Gasteiger partial charge in [-0.1, -0.05) is 0 Å². The molecular formula is C10H18O3Ti. The Labute approximate surface area is 90.5 Å². The van der Waals surface area contributed by atoms with Gasteiger partial charge in [0.2, 0.25) is 0 Å². The molecule has 0 N–H and O–H groups in total. The topological polar surface area (TPSA) is 27.7 Å². The molecule has 0 saturated heterocycles. The van der Waals surface area contributed by atoms with E-state index in [9.17, 15) is 0 Å². The summed E-state index contributed by atoms with van der Waals surface area (Å²) in [5, 5.41) is 0. The van der Waals surface area contributed by atoms with Crippen molar-refractivity contribution in [3.05, 3.63) is 24.3 Å². The van der Waals surface area contributed by atoms with Crippen LogP contribution < -0.4 is 0 Å². The maximum atomic E-state index is 5.56. The second-order valence-electron chi connectivity index (χ2n) is 3.28. The molecule has 0 saturated carbocycles. The van der Waals surface area contributed by atoms with Gasteiger partial charge in [-0.25, -0.2) is 0 Å². The van der Waals surface area contributed by atoms with Gasteiger partial charge in [0.1, 0.15) is 0 Å². The third kappa shape index (κ3) is 1.64. The Balaban J connectivity index is 3.07. The summed E-state index contributed by atoms with van der Waals surface area (Å²) >= 11 is -3.16. The van der Waals surface area contributed by atoms with Crippen molar-refractivity contribution >= 4 is 0 Å². The van der Waals surface area contributed by atoms with Gasteiger partial charge in [-0.2, -0.15) is 0 Å². The Bertz CT molecular complexity index is 223. The van der Waals surface area contributed by atoms with Gasteiger partial charge >= 0.3 is 90.4 Å². The van der Waals surface area contributed by atoms with Crippen molar-refractivity contribution in [3.63, 3.8) is 0 Å². The first-order valence-electron chi connectivity index (χ1n) is 4.73.